The highest BCUT2D eigenvalue weighted by atomic mass is 79.9. The van der Waals surface area contributed by atoms with Crippen molar-refractivity contribution < 1.29 is 28.2 Å². The van der Waals surface area contributed by atoms with Crippen LogP contribution in [0, 0.1) is 5.82 Å². The van der Waals surface area contributed by atoms with Crippen LogP contribution in [0.4, 0.5) is 10.3 Å². The first kappa shape index (κ1) is 19.3. The summed E-state index contributed by atoms with van der Waals surface area (Å²) >= 11 is 8.94. The summed E-state index contributed by atoms with van der Waals surface area (Å²) in [5, 5.41) is 13.2. The molecule has 1 aromatic carbocycles. The second-order valence-corrected chi connectivity index (χ2v) is 6.20. The maximum atomic E-state index is 13.3. The van der Waals surface area contributed by atoms with Crippen LogP contribution in [-0.2, 0) is 9.59 Å². The van der Waals surface area contributed by atoms with Crippen molar-refractivity contribution in [2.24, 2.45) is 0 Å². The minimum absolute atomic E-state index is 0.117. The lowest BCUT2D eigenvalue weighted by Gasteiger charge is -2.04. The molecular formula is C16H14BrClFNO5. The molecule has 0 spiro atoms. The van der Waals surface area contributed by atoms with Gasteiger partial charge in [0.1, 0.15) is 5.82 Å². The molecule has 25 heavy (non-hydrogen) atoms. The third kappa shape index (κ3) is 4.73. The largest absolute Gasteiger partial charge is 0.502 e. The number of furan rings is 1. The highest BCUT2D eigenvalue weighted by Crippen LogP contribution is 2.46. The molecule has 9 heteroatoms. The number of benzene rings is 1. The number of halogens is 3. The van der Waals surface area contributed by atoms with E-state index in [1.165, 1.54) is 12.1 Å². The van der Waals surface area contributed by atoms with Gasteiger partial charge < -0.3 is 14.3 Å². The molecule has 2 N–H and O–H groups in total. The summed E-state index contributed by atoms with van der Waals surface area (Å²) < 4.78 is 23.7. The number of ether oxygens (including phenoxy) is 1. The summed E-state index contributed by atoms with van der Waals surface area (Å²) in [6.45, 7) is 1.14. The van der Waals surface area contributed by atoms with Gasteiger partial charge in [-0.2, -0.15) is 0 Å². The fourth-order valence-electron chi connectivity index (χ4n) is 1.98. The van der Waals surface area contributed by atoms with Crippen molar-refractivity contribution in [2.45, 2.75) is 19.8 Å². The van der Waals surface area contributed by atoms with Crippen LogP contribution in [0.3, 0.4) is 0 Å². The first-order valence-corrected chi connectivity index (χ1v) is 8.68. The molecule has 2 aromatic rings. The number of alkyl halides is 1. The summed E-state index contributed by atoms with van der Waals surface area (Å²) in [7, 11) is 0. The number of rotatable bonds is 6. The van der Waals surface area contributed by atoms with Crippen LogP contribution in [0.2, 0.25) is 5.02 Å². The summed E-state index contributed by atoms with van der Waals surface area (Å²) in [6, 6.07) is 3.66. The summed E-state index contributed by atoms with van der Waals surface area (Å²) in [5.41, 5.74) is 0.248. The Hall–Kier alpha value is -2.06. The van der Waals surface area contributed by atoms with E-state index in [-0.39, 0.29) is 40.3 Å². The third-order valence-electron chi connectivity index (χ3n) is 3.06. The molecule has 0 unspecified atom stereocenters. The maximum Gasteiger partial charge on any atom is 0.308 e. The lowest BCUT2D eigenvalue weighted by atomic mass is 10.1. The summed E-state index contributed by atoms with van der Waals surface area (Å²) in [5.74, 6) is -2.90. The number of esters is 1. The van der Waals surface area contributed by atoms with Crippen LogP contribution in [0.15, 0.2) is 22.6 Å². The topological polar surface area (TPSA) is 88.8 Å². The molecule has 0 radical (unpaired) electrons. The average molecular weight is 435 g/mol. The molecule has 0 atom stereocenters. The van der Waals surface area contributed by atoms with Crippen LogP contribution in [-0.4, -0.2) is 22.3 Å². The van der Waals surface area contributed by atoms with Gasteiger partial charge in [0.2, 0.25) is 23.3 Å². The van der Waals surface area contributed by atoms with Crippen molar-refractivity contribution >= 4 is 45.3 Å². The standard InChI is InChI=1S/C16H14BrClFNO5/c1-8(21)24-15-13(23)14(9-4-5-11(19)10(18)7-9)25-16(15)20-12(22)3-2-6-17/h4-5,7,23H,2-3,6H2,1H3,(H,20,22). The molecule has 1 aromatic heterocycles. The number of carbonyl (C=O) groups is 2. The Kier molecular flexibility index (Phi) is 6.44. The lowest BCUT2D eigenvalue weighted by Crippen LogP contribution is -2.12. The molecule has 0 fully saturated rings. The minimum Gasteiger partial charge on any atom is -0.502 e. The summed E-state index contributed by atoms with van der Waals surface area (Å²) in [4.78, 5) is 23.1. The number of amides is 1. The van der Waals surface area contributed by atoms with Gasteiger partial charge in [0.05, 0.1) is 5.02 Å². The van der Waals surface area contributed by atoms with E-state index in [2.05, 4.69) is 21.2 Å². The average Bonchev–Trinajstić information content (AvgIpc) is 2.84. The van der Waals surface area contributed by atoms with Crippen LogP contribution in [0.25, 0.3) is 11.3 Å². The van der Waals surface area contributed by atoms with Gasteiger partial charge in [-0.1, -0.05) is 27.5 Å². The van der Waals surface area contributed by atoms with Gasteiger partial charge in [0.15, 0.2) is 5.76 Å². The second-order valence-electron chi connectivity index (χ2n) is 5.00. The molecule has 6 nitrogen and oxygen atoms in total. The highest BCUT2D eigenvalue weighted by Gasteiger charge is 2.25. The van der Waals surface area contributed by atoms with E-state index in [1.54, 1.807) is 0 Å². The van der Waals surface area contributed by atoms with Crippen LogP contribution >= 0.6 is 27.5 Å². The highest BCUT2D eigenvalue weighted by molar-refractivity contribution is 9.09. The number of hydrogen-bond acceptors (Lipinski definition) is 5. The van der Waals surface area contributed by atoms with E-state index in [4.69, 9.17) is 20.8 Å². The van der Waals surface area contributed by atoms with Gasteiger partial charge in [-0.25, -0.2) is 4.39 Å². The predicted molar refractivity (Wildman–Crippen MR) is 93.7 cm³/mol. The Morgan fingerprint density at radius 2 is 2.16 bits per heavy atom. The zero-order valence-corrected chi connectivity index (χ0v) is 15.4. The molecule has 2 rings (SSSR count). The molecule has 134 valence electrons. The molecule has 0 saturated carbocycles. The fourth-order valence-corrected chi connectivity index (χ4v) is 2.44. The Bertz CT molecular complexity index is 808. The van der Waals surface area contributed by atoms with Crippen LogP contribution in [0.1, 0.15) is 19.8 Å². The Morgan fingerprint density at radius 3 is 2.76 bits per heavy atom. The van der Waals surface area contributed by atoms with Gasteiger partial charge in [0.25, 0.3) is 0 Å². The smallest absolute Gasteiger partial charge is 0.308 e. The number of hydrogen-bond donors (Lipinski definition) is 2. The molecule has 0 aliphatic rings. The number of anilines is 1. The van der Waals surface area contributed by atoms with Gasteiger partial charge in [-0.3, -0.25) is 14.9 Å². The summed E-state index contributed by atoms with van der Waals surface area (Å²) in [6.07, 6.45) is 0.784. The Morgan fingerprint density at radius 1 is 1.44 bits per heavy atom. The first-order chi connectivity index (χ1) is 11.8. The van der Waals surface area contributed by atoms with Gasteiger partial charge >= 0.3 is 5.97 Å². The van der Waals surface area contributed by atoms with Crippen molar-refractivity contribution in [3.8, 4) is 22.8 Å². The molecular weight excluding hydrogens is 421 g/mol. The second kappa shape index (κ2) is 8.35. The van der Waals surface area contributed by atoms with E-state index >= 15 is 0 Å². The maximum absolute atomic E-state index is 13.3. The monoisotopic (exact) mass is 433 g/mol. The fraction of sp³-hybridized carbons (Fsp3) is 0.250. The van der Waals surface area contributed by atoms with E-state index in [9.17, 15) is 19.1 Å². The van der Waals surface area contributed by atoms with Gasteiger partial charge in [-0.05, 0) is 24.6 Å². The SMILES string of the molecule is CC(=O)Oc1c(NC(=O)CCCBr)oc(-c2ccc(F)c(Cl)c2)c1O. The first-order valence-electron chi connectivity index (χ1n) is 7.19. The molecule has 0 aliphatic carbocycles. The normalized spacial score (nSPS) is 10.6. The van der Waals surface area contributed by atoms with Crippen LogP contribution < -0.4 is 10.1 Å². The number of aromatic hydroxyl groups is 1. The molecule has 0 saturated heterocycles. The van der Waals surface area contributed by atoms with Crippen molar-refractivity contribution in [2.75, 3.05) is 10.6 Å². The van der Waals surface area contributed by atoms with E-state index in [0.29, 0.717) is 11.8 Å². The molecule has 1 heterocycles. The van der Waals surface area contributed by atoms with E-state index in [0.717, 1.165) is 13.0 Å². The number of nitrogens with one attached hydrogen (secondary N) is 1. The Labute approximate surface area is 156 Å². The number of carbonyl (C=O) groups excluding carboxylic acids is 2. The van der Waals surface area contributed by atoms with Crippen molar-refractivity contribution in [3.05, 3.63) is 29.0 Å². The molecule has 1 amide bonds. The zero-order chi connectivity index (χ0) is 18.6. The van der Waals surface area contributed by atoms with E-state index < -0.39 is 17.5 Å². The third-order valence-corrected chi connectivity index (χ3v) is 3.91. The van der Waals surface area contributed by atoms with Gasteiger partial charge in [0, 0.05) is 24.2 Å². The van der Waals surface area contributed by atoms with Crippen LogP contribution in [0.5, 0.6) is 11.5 Å². The zero-order valence-electron chi connectivity index (χ0n) is 13.1. The van der Waals surface area contributed by atoms with Crippen molar-refractivity contribution in [3.63, 3.8) is 0 Å². The lowest BCUT2D eigenvalue weighted by molar-refractivity contribution is -0.132. The Balaban J connectivity index is 2.42. The molecule has 0 bridgehead atoms. The predicted octanol–water partition coefficient (Wildman–Crippen LogP) is 4.48. The molecule has 0 aliphatic heterocycles. The minimum atomic E-state index is -0.712. The quantitative estimate of drug-likeness (QED) is 0.517. The van der Waals surface area contributed by atoms with Crippen molar-refractivity contribution in [1.29, 1.82) is 0 Å². The van der Waals surface area contributed by atoms with E-state index in [1.807, 2.05) is 0 Å². The van der Waals surface area contributed by atoms with Crippen molar-refractivity contribution in [1.82, 2.24) is 0 Å². The van der Waals surface area contributed by atoms with Gasteiger partial charge in [-0.15, -0.1) is 0 Å².